The topological polar surface area (TPSA) is 96.5 Å². The van der Waals surface area contributed by atoms with Gasteiger partial charge in [-0.3, -0.25) is 9.59 Å². The molecular weight excluding hydrogens is 474 g/mol. The van der Waals surface area contributed by atoms with Crippen molar-refractivity contribution >= 4 is 39.5 Å². The van der Waals surface area contributed by atoms with Crippen LogP contribution >= 0.6 is 15.9 Å². The molecule has 2 aromatic rings. The van der Waals surface area contributed by atoms with E-state index in [0.29, 0.717) is 25.1 Å². The van der Waals surface area contributed by atoms with Gasteiger partial charge in [0.1, 0.15) is 5.60 Å². The van der Waals surface area contributed by atoms with Crippen molar-refractivity contribution in [2.75, 3.05) is 11.9 Å². The van der Waals surface area contributed by atoms with Gasteiger partial charge in [0.25, 0.3) is 0 Å². The normalized spacial score (nSPS) is 10.9. The molecule has 7 nitrogen and oxygen atoms in total. The predicted molar refractivity (Wildman–Crippen MR) is 128 cm³/mol. The summed E-state index contributed by atoms with van der Waals surface area (Å²) in [6, 6.07) is 15.2. The summed E-state index contributed by atoms with van der Waals surface area (Å²) in [6.07, 6.45) is 0.568. The maximum absolute atomic E-state index is 12.3. The maximum atomic E-state index is 12.3. The Hall–Kier alpha value is -2.87. The van der Waals surface area contributed by atoms with Gasteiger partial charge in [0, 0.05) is 36.1 Å². The van der Waals surface area contributed by atoms with Gasteiger partial charge in [-0.1, -0.05) is 46.3 Å². The van der Waals surface area contributed by atoms with E-state index < -0.39 is 11.7 Å². The van der Waals surface area contributed by atoms with E-state index in [1.807, 2.05) is 42.5 Å². The van der Waals surface area contributed by atoms with Gasteiger partial charge in [0.2, 0.25) is 11.8 Å². The van der Waals surface area contributed by atoms with Crippen LogP contribution in [0, 0.1) is 0 Å². The quantitative estimate of drug-likeness (QED) is 0.467. The number of carbonyl (C=O) groups excluding carboxylic acids is 3. The van der Waals surface area contributed by atoms with E-state index in [-0.39, 0.29) is 24.8 Å². The summed E-state index contributed by atoms with van der Waals surface area (Å²) >= 11 is 3.43. The molecule has 0 atom stereocenters. The Labute approximate surface area is 197 Å². The highest BCUT2D eigenvalue weighted by Gasteiger charge is 2.16. The van der Waals surface area contributed by atoms with Gasteiger partial charge >= 0.3 is 6.09 Å². The molecule has 3 amide bonds. The third kappa shape index (κ3) is 9.96. The fraction of sp³-hybridized carbons (Fsp3) is 0.375. The number of amides is 3. The predicted octanol–water partition coefficient (Wildman–Crippen LogP) is 4.55. The van der Waals surface area contributed by atoms with Crippen LogP contribution in [0.4, 0.5) is 10.5 Å². The van der Waals surface area contributed by atoms with Crippen LogP contribution < -0.4 is 16.0 Å². The number of halogens is 1. The number of benzene rings is 2. The number of hydrogen-bond acceptors (Lipinski definition) is 4. The third-order valence-electron chi connectivity index (χ3n) is 4.32. The molecule has 0 aliphatic rings. The molecule has 2 rings (SSSR count). The summed E-state index contributed by atoms with van der Waals surface area (Å²) in [7, 11) is 0. The van der Waals surface area contributed by atoms with E-state index in [1.165, 1.54) is 0 Å². The molecule has 0 heterocycles. The lowest BCUT2D eigenvalue weighted by Crippen LogP contribution is -2.34. The van der Waals surface area contributed by atoms with Crippen molar-refractivity contribution in [2.24, 2.45) is 0 Å². The molecule has 172 valence electrons. The molecule has 0 spiro atoms. The lowest BCUT2D eigenvalue weighted by Gasteiger charge is -2.19. The fourth-order valence-electron chi connectivity index (χ4n) is 2.83. The number of aryl methyl sites for hydroxylation is 1. The van der Waals surface area contributed by atoms with Gasteiger partial charge < -0.3 is 20.7 Å². The van der Waals surface area contributed by atoms with Crippen LogP contribution in [-0.4, -0.2) is 30.1 Å². The van der Waals surface area contributed by atoms with Crippen LogP contribution in [0.2, 0.25) is 0 Å². The van der Waals surface area contributed by atoms with Gasteiger partial charge in [-0.25, -0.2) is 4.79 Å². The molecule has 0 aliphatic carbocycles. The standard InChI is InChI=1S/C24H30BrN3O4/c1-24(2,3)32-23(31)26-14-13-22(30)28-20-10-5-4-8-18(20)16-27-21(29)12-11-17-7-6-9-19(25)15-17/h4-10,15H,11-14,16H2,1-3H3,(H,26,31)(H,27,29)(H,28,30). The van der Waals surface area contributed by atoms with Gasteiger partial charge in [0.15, 0.2) is 0 Å². The molecular formula is C24H30BrN3O4. The molecule has 0 unspecified atom stereocenters. The van der Waals surface area contributed by atoms with E-state index >= 15 is 0 Å². The molecule has 0 bridgehead atoms. The van der Waals surface area contributed by atoms with E-state index in [2.05, 4.69) is 31.9 Å². The SMILES string of the molecule is CC(C)(C)OC(=O)NCCC(=O)Nc1ccccc1CNC(=O)CCc1cccc(Br)c1. The van der Waals surface area contributed by atoms with Crippen molar-refractivity contribution in [3.63, 3.8) is 0 Å². The zero-order chi connectivity index (χ0) is 23.6. The van der Waals surface area contributed by atoms with Crippen molar-refractivity contribution in [3.05, 3.63) is 64.1 Å². The van der Waals surface area contributed by atoms with Crippen molar-refractivity contribution < 1.29 is 19.1 Å². The number of carbonyl (C=O) groups is 3. The minimum atomic E-state index is -0.590. The second-order valence-corrected chi connectivity index (χ2v) is 9.21. The number of para-hydroxylation sites is 1. The Morgan fingerprint density at radius 2 is 1.69 bits per heavy atom. The molecule has 2 aromatic carbocycles. The van der Waals surface area contributed by atoms with E-state index in [0.717, 1.165) is 15.6 Å². The molecule has 0 fully saturated rings. The summed E-state index contributed by atoms with van der Waals surface area (Å²) in [5, 5.41) is 8.29. The van der Waals surface area contributed by atoms with Crippen LogP contribution in [0.25, 0.3) is 0 Å². The van der Waals surface area contributed by atoms with Gasteiger partial charge in [-0.05, 0) is 56.5 Å². The van der Waals surface area contributed by atoms with E-state index in [9.17, 15) is 14.4 Å². The molecule has 8 heteroatoms. The number of alkyl carbamates (subject to hydrolysis) is 1. The first-order valence-corrected chi connectivity index (χ1v) is 11.3. The van der Waals surface area contributed by atoms with Crippen molar-refractivity contribution in [2.45, 2.75) is 52.2 Å². The Balaban J connectivity index is 1.78. The fourth-order valence-corrected chi connectivity index (χ4v) is 3.28. The number of ether oxygens (including phenoxy) is 1. The Morgan fingerprint density at radius 1 is 0.938 bits per heavy atom. The third-order valence-corrected chi connectivity index (χ3v) is 4.81. The lowest BCUT2D eigenvalue weighted by atomic mass is 10.1. The Morgan fingerprint density at radius 3 is 2.41 bits per heavy atom. The first kappa shape index (κ1) is 25.4. The highest BCUT2D eigenvalue weighted by atomic mass is 79.9. The maximum Gasteiger partial charge on any atom is 0.407 e. The van der Waals surface area contributed by atoms with Crippen LogP contribution in [0.3, 0.4) is 0 Å². The minimum absolute atomic E-state index is 0.0623. The molecule has 32 heavy (non-hydrogen) atoms. The Bertz CT molecular complexity index is 941. The highest BCUT2D eigenvalue weighted by molar-refractivity contribution is 9.10. The second-order valence-electron chi connectivity index (χ2n) is 8.29. The van der Waals surface area contributed by atoms with Crippen LogP contribution in [0.5, 0.6) is 0 Å². The molecule has 0 aliphatic heterocycles. The second kappa shape index (κ2) is 12.2. The van der Waals surface area contributed by atoms with E-state index in [1.54, 1.807) is 26.8 Å². The molecule has 0 saturated carbocycles. The lowest BCUT2D eigenvalue weighted by molar-refractivity contribution is -0.121. The smallest absolute Gasteiger partial charge is 0.407 e. The average molecular weight is 504 g/mol. The molecule has 0 radical (unpaired) electrons. The summed E-state index contributed by atoms with van der Waals surface area (Å²) in [5.41, 5.74) is 1.93. The Kier molecular flexibility index (Phi) is 9.71. The number of nitrogens with one attached hydrogen (secondary N) is 3. The van der Waals surface area contributed by atoms with Crippen molar-refractivity contribution in [3.8, 4) is 0 Å². The largest absolute Gasteiger partial charge is 0.444 e. The number of anilines is 1. The highest BCUT2D eigenvalue weighted by Crippen LogP contribution is 2.16. The molecule has 3 N–H and O–H groups in total. The zero-order valence-corrected chi connectivity index (χ0v) is 20.3. The van der Waals surface area contributed by atoms with Crippen LogP contribution in [-0.2, 0) is 27.3 Å². The van der Waals surface area contributed by atoms with Gasteiger partial charge in [-0.2, -0.15) is 0 Å². The minimum Gasteiger partial charge on any atom is -0.444 e. The van der Waals surface area contributed by atoms with Crippen molar-refractivity contribution in [1.82, 2.24) is 10.6 Å². The number of rotatable bonds is 9. The van der Waals surface area contributed by atoms with Crippen LogP contribution in [0.1, 0.15) is 44.7 Å². The first-order chi connectivity index (χ1) is 15.1. The molecule has 0 saturated heterocycles. The molecule has 0 aromatic heterocycles. The van der Waals surface area contributed by atoms with Gasteiger partial charge in [0.05, 0.1) is 0 Å². The first-order valence-electron chi connectivity index (χ1n) is 10.5. The van der Waals surface area contributed by atoms with Gasteiger partial charge in [-0.15, -0.1) is 0 Å². The van der Waals surface area contributed by atoms with E-state index in [4.69, 9.17) is 4.74 Å². The summed E-state index contributed by atoms with van der Waals surface area (Å²) in [6.45, 7) is 5.79. The number of hydrogen-bond donors (Lipinski definition) is 3. The van der Waals surface area contributed by atoms with Crippen molar-refractivity contribution in [1.29, 1.82) is 0 Å². The summed E-state index contributed by atoms with van der Waals surface area (Å²) in [5.74, 6) is -0.304. The average Bonchev–Trinajstić information content (AvgIpc) is 2.70. The summed E-state index contributed by atoms with van der Waals surface area (Å²) in [4.78, 5) is 36.2. The summed E-state index contributed by atoms with van der Waals surface area (Å²) < 4.78 is 6.13. The monoisotopic (exact) mass is 503 g/mol. The zero-order valence-electron chi connectivity index (χ0n) is 18.7. The van der Waals surface area contributed by atoms with Crippen LogP contribution in [0.15, 0.2) is 53.0 Å².